The Bertz CT molecular complexity index is 809. The first-order valence-electron chi connectivity index (χ1n) is 8.03. The molecule has 0 spiro atoms. The van der Waals surface area contributed by atoms with Gasteiger partial charge in [0.05, 0.1) is 30.1 Å². The lowest BCUT2D eigenvalue weighted by atomic mass is 9.98. The zero-order valence-electron chi connectivity index (χ0n) is 14.0. The van der Waals surface area contributed by atoms with Crippen molar-refractivity contribution in [3.8, 4) is 0 Å². The van der Waals surface area contributed by atoms with Crippen LogP contribution in [0.1, 0.15) is 27.5 Å². The maximum atomic E-state index is 11.6. The topological polar surface area (TPSA) is 64.3 Å². The maximum Gasteiger partial charge on any atom is 0.337 e. The Hall–Kier alpha value is -3.27. The number of nitrogens with two attached hydrogens (primary N) is 1. The predicted molar refractivity (Wildman–Crippen MR) is 101 cm³/mol. The number of benzene rings is 3. The zero-order valence-corrected chi connectivity index (χ0v) is 14.0. The molecule has 126 valence electrons. The summed E-state index contributed by atoms with van der Waals surface area (Å²) < 4.78 is 4.74. The number of methoxy groups -OCH3 is 1. The smallest absolute Gasteiger partial charge is 0.337 e. The van der Waals surface area contributed by atoms with Gasteiger partial charge in [-0.2, -0.15) is 0 Å². The molecule has 4 heteroatoms. The van der Waals surface area contributed by atoms with Crippen molar-refractivity contribution < 1.29 is 9.53 Å². The average molecular weight is 332 g/mol. The summed E-state index contributed by atoms with van der Waals surface area (Å²) in [5, 5.41) is 3.49. The number of rotatable bonds is 5. The monoisotopic (exact) mass is 332 g/mol. The van der Waals surface area contributed by atoms with E-state index in [4.69, 9.17) is 10.5 Å². The predicted octanol–water partition coefficient (Wildman–Crippen LogP) is 4.26. The number of ether oxygens (including phenoxy) is 1. The van der Waals surface area contributed by atoms with E-state index in [2.05, 4.69) is 29.6 Å². The highest BCUT2D eigenvalue weighted by Gasteiger charge is 2.16. The van der Waals surface area contributed by atoms with Gasteiger partial charge in [-0.25, -0.2) is 4.79 Å². The molecule has 0 aliphatic rings. The maximum absolute atomic E-state index is 11.6. The van der Waals surface area contributed by atoms with Crippen LogP contribution < -0.4 is 11.1 Å². The largest absolute Gasteiger partial charge is 0.465 e. The fraction of sp³-hybridized carbons (Fsp3) is 0.0952. The van der Waals surface area contributed by atoms with Crippen LogP contribution in [0.25, 0.3) is 0 Å². The SMILES string of the molecule is COC(=O)c1ccc(NC(c2ccccc2)c2ccccc2)c(N)c1. The molecule has 0 aliphatic heterocycles. The van der Waals surface area contributed by atoms with E-state index in [1.54, 1.807) is 18.2 Å². The summed E-state index contributed by atoms with van der Waals surface area (Å²) in [4.78, 5) is 11.6. The second-order valence-electron chi connectivity index (χ2n) is 5.69. The fourth-order valence-electron chi connectivity index (χ4n) is 2.74. The van der Waals surface area contributed by atoms with Crippen molar-refractivity contribution in [1.82, 2.24) is 0 Å². The standard InChI is InChI=1S/C21H20N2O2/c1-25-21(24)17-12-13-19(18(22)14-17)23-20(15-8-4-2-5-9-15)16-10-6-3-7-11-16/h2-14,20,23H,22H2,1H3. The number of carbonyl (C=O) groups excluding carboxylic acids is 1. The molecule has 0 saturated heterocycles. The lowest BCUT2D eigenvalue weighted by Crippen LogP contribution is -2.14. The van der Waals surface area contributed by atoms with Crippen LogP contribution in [0.4, 0.5) is 11.4 Å². The van der Waals surface area contributed by atoms with Gasteiger partial charge in [-0.15, -0.1) is 0 Å². The van der Waals surface area contributed by atoms with Gasteiger partial charge in [0.2, 0.25) is 0 Å². The number of nitrogen functional groups attached to an aromatic ring is 1. The van der Waals surface area contributed by atoms with Crippen LogP contribution >= 0.6 is 0 Å². The van der Waals surface area contributed by atoms with E-state index in [0.29, 0.717) is 11.3 Å². The van der Waals surface area contributed by atoms with Crippen LogP contribution in [0.2, 0.25) is 0 Å². The third-order valence-electron chi connectivity index (χ3n) is 4.04. The van der Waals surface area contributed by atoms with Gasteiger partial charge in [0.25, 0.3) is 0 Å². The zero-order chi connectivity index (χ0) is 17.6. The molecule has 3 aromatic rings. The van der Waals surface area contributed by atoms with Crippen molar-refractivity contribution in [2.75, 3.05) is 18.2 Å². The first kappa shape index (κ1) is 16.6. The van der Waals surface area contributed by atoms with E-state index in [0.717, 1.165) is 16.8 Å². The van der Waals surface area contributed by atoms with E-state index in [1.165, 1.54) is 7.11 Å². The molecule has 0 aromatic heterocycles. The summed E-state index contributed by atoms with van der Waals surface area (Å²) in [5.41, 5.74) is 10.1. The number of hydrogen-bond donors (Lipinski definition) is 2. The third-order valence-corrected chi connectivity index (χ3v) is 4.04. The van der Waals surface area contributed by atoms with E-state index in [1.807, 2.05) is 36.4 Å². The van der Waals surface area contributed by atoms with Crippen LogP contribution in [-0.2, 0) is 4.74 Å². The van der Waals surface area contributed by atoms with Crippen molar-refractivity contribution in [2.45, 2.75) is 6.04 Å². The van der Waals surface area contributed by atoms with Gasteiger partial charge >= 0.3 is 5.97 Å². The molecule has 0 aliphatic carbocycles. The van der Waals surface area contributed by atoms with Gasteiger partial charge in [0.15, 0.2) is 0 Å². The molecule has 0 bridgehead atoms. The minimum absolute atomic E-state index is 0.0475. The van der Waals surface area contributed by atoms with Crippen molar-refractivity contribution in [3.63, 3.8) is 0 Å². The molecule has 0 heterocycles. The number of carbonyl (C=O) groups is 1. The molecule has 0 unspecified atom stereocenters. The fourth-order valence-corrected chi connectivity index (χ4v) is 2.74. The first-order chi connectivity index (χ1) is 12.2. The van der Waals surface area contributed by atoms with Gasteiger partial charge in [0, 0.05) is 0 Å². The Kier molecular flexibility index (Phi) is 5.00. The Labute approximate surface area is 147 Å². The summed E-state index contributed by atoms with van der Waals surface area (Å²) in [6, 6.07) is 25.4. The van der Waals surface area contributed by atoms with Gasteiger partial charge in [-0.1, -0.05) is 60.7 Å². The molecule has 0 radical (unpaired) electrons. The van der Waals surface area contributed by atoms with E-state index in [-0.39, 0.29) is 6.04 Å². The molecule has 3 aromatic carbocycles. The van der Waals surface area contributed by atoms with Gasteiger partial charge in [-0.05, 0) is 29.3 Å². The van der Waals surface area contributed by atoms with Crippen LogP contribution in [-0.4, -0.2) is 13.1 Å². The quantitative estimate of drug-likeness (QED) is 0.541. The minimum atomic E-state index is -0.402. The van der Waals surface area contributed by atoms with Crippen LogP contribution in [0.5, 0.6) is 0 Å². The van der Waals surface area contributed by atoms with Crippen molar-refractivity contribution in [1.29, 1.82) is 0 Å². The summed E-state index contributed by atoms with van der Waals surface area (Å²) >= 11 is 0. The molecule has 3 N–H and O–H groups in total. The number of hydrogen-bond acceptors (Lipinski definition) is 4. The van der Waals surface area contributed by atoms with E-state index in [9.17, 15) is 4.79 Å². The summed E-state index contributed by atoms with van der Waals surface area (Å²) in [6.07, 6.45) is 0. The minimum Gasteiger partial charge on any atom is -0.465 e. The summed E-state index contributed by atoms with van der Waals surface area (Å²) in [6.45, 7) is 0. The number of nitrogens with one attached hydrogen (secondary N) is 1. The lowest BCUT2D eigenvalue weighted by molar-refractivity contribution is 0.0601. The third kappa shape index (κ3) is 3.80. The van der Waals surface area contributed by atoms with E-state index < -0.39 is 5.97 Å². The second kappa shape index (κ2) is 7.53. The highest BCUT2D eigenvalue weighted by Crippen LogP contribution is 2.30. The van der Waals surface area contributed by atoms with E-state index >= 15 is 0 Å². The van der Waals surface area contributed by atoms with Crippen LogP contribution in [0.15, 0.2) is 78.9 Å². The summed E-state index contributed by atoms with van der Waals surface area (Å²) in [7, 11) is 1.35. The van der Waals surface area contributed by atoms with Gasteiger partial charge < -0.3 is 15.8 Å². The van der Waals surface area contributed by atoms with Gasteiger partial charge in [0.1, 0.15) is 0 Å². The second-order valence-corrected chi connectivity index (χ2v) is 5.69. The Morgan fingerprint density at radius 3 is 1.96 bits per heavy atom. The lowest BCUT2D eigenvalue weighted by Gasteiger charge is -2.22. The molecular weight excluding hydrogens is 312 g/mol. The molecule has 4 nitrogen and oxygen atoms in total. The molecule has 0 fully saturated rings. The molecule has 3 rings (SSSR count). The Balaban J connectivity index is 1.95. The molecule has 0 amide bonds. The Morgan fingerprint density at radius 1 is 0.920 bits per heavy atom. The number of anilines is 2. The summed E-state index contributed by atoms with van der Waals surface area (Å²) in [5.74, 6) is -0.402. The highest BCUT2D eigenvalue weighted by molar-refractivity contribution is 5.91. The molecule has 0 saturated carbocycles. The average Bonchev–Trinajstić information content (AvgIpc) is 2.67. The van der Waals surface area contributed by atoms with Crippen molar-refractivity contribution in [2.24, 2.45) is 0 Å². The molecule has 0 atom stereocenters. The van der Waals surface area contributed by atoms with Crippen molar-refractivity contribution >= 4 is 17.3 Å². The van der Waals surface area contributed by atoms with Crippen LogP contribution in [0, 0.1) is 0 Å². The van der Waals surface area contributed by atoms with Gasteiger partial charge in [-0.3, -0.25) is 0 Å². The van der Waals surface area contributed by atoms with Crippen molar-refractivity contribution in [3.05, 3.63) is 95.6 Å². The van der Waals surface area contributed by atoms with Crippen LogP contribution in [0.3, 0.4) is 0 Å². The Morgan fingerprint density at radius 2 is 1.48 bits per heavy atom. The normalized spacial score (nSPS) is 10.5. The molecule has 25 heavy (non-hydrogen) atoms. The first-order valence-corrected chi connectivity index (χ1v) is 8.03. The molecular formula is C21H20N2O2. The highest BCUT2D eigenvalue weighted by atomic mass is 16.5. The number of esters is 1.